The van der Waals surface area contributed by atoms with E-state index in [9.17, 15) is 0 Å². The largest absolute Gasteiger partial charge is 0.388 e. The van der Waals surface area contributed by atoms with Gasteiger partial charge in [-0.3, -0.25) is 0 Å². The number of nitrogens with zero attached hydrogens (tertiary/aromatic N) is 1. The third-order valence-corrected chi connectivity index (χ3v) is 6.61. The molecule has 0 amide bonds. The highest BCUT2D eigenvalue weighted by Gasteiger charge is 2.30. The molecule has 29 heavy (non-hydrogen) atoms. The van der Waals surface area contributed by atoms with Crippen molar-refractivity contribution in [2.45, 2.75) is 37.6 Å². The van der Waals surface area contributed by atoms with Gasteiger partial charge in [0.05, 0.1) is 12.7 Å². The van der Waals surface area contributed by atoms with Gasteiger partial charge in [-0.2, -0.15) is 0 Å². The van der Waals surface area contributed by atoms with Crippen LogP contribution in [-0.4, -0.2) is 50.9 Å². The molecule has 4 N–H and O–H groups in total. The lowest BCUT2D eigenvalue weighted by Crippen LogP contribution is -2.55. The van der Waals surface area contributed by atoms with Crippen molar-refractivity contribution < 1.29 is 4.59 Å². The van der Waals surface area contributed by atoms with Crippen molar-refractivity contribution in [3.63, 3.8) is 0 Å². The topological polar surface area (TPSA) is 48.1 Å². The number of hydrogen-bond acceptors (Lipinski definition) is 4. The van der Waals surface area contributed by atoms with Gasteiger partial charge in [0, 0.05) is 37.3 Å². The van der Waals surface area contributed by atoms with Crippen molar-refractivity contribution in [1.29, 1.82) is 0 Å². The van der Waals surface area contributed by atoms with E-state index in [1.807, 2.05) is 7.05 Å². The highest BCUT2D eigenvalue weighted by molar-refractivity contribution is 5.53. The molecule has 2 fully saturated rings. The maximum absolute atomic E-state index is 3.78. The van der Waals surface area contributed by atoms with Crippen LogP contribution in [0.15, 0.2) is 48.5 Å². The molecule has 5 nitrogen and oxygen atoms in total. The number of anilines is 3. The number of benzene rings is 2. The summed E-state index contributed by atoms with van der Waals surface area (Å²) in [6.45, 7) is 4.55. The van der Waals surface area contributed by atoms with E-state index in [4.69, 9.17) is 0 Å². The summed E-state index contributed by atoms with van der Waals surface area (Å²) in [5, 5.41) is 10.3. The smallest absolute Gasteiger partial charge is 0.103 e. The summed E-state index contributed by atoms with van der Waals surface area (Å²) >= 11 is 0. The molecule has 2 heterocycles. The van der Waals surface area contributed by atoms with E-state index in [1.54, 1.807) is 0 Å². The van der Waals surface area contributed by atoms with Crippen LogP contribution in [0.3, 0.4) is 0 Å². The maximum Gasteiger partial charge on any atom is 0.103 e. The number of hydrogen-bond donors (Lipinski definition) is 4. The molecule has 156 valence electrons. The van der Waals surface area contributed by atoms with Crippen molar-refractivity contribution in [2.75, 3.05) is 56.3 Å². The summed E-state index contributed by atoms with van der Waals surface area (Å²) in [6, 6.07) is 18.3. The molecule has 2 aliphatic rings. The van der Waals surface area contributed by atoms with Crippen molar-refractivity contribution in [1.82, 2.24) is 5.32 Å². The zero-order valence-electron chi connectivity index (χ0n) is 17.9. The Hall–Kier alpha value is -2.24. The SMILES string of the molecule is CNc1ccc(NC2CC[N+](C)(Nc3ccc(C4CCNCC4)cc3)CC2)cc1. The lowest BCUT2D eigenvalue weighted by atomic mass is 9.90. The second-order valence-corrected chi connectivity index (χ2v) is 8.85. The van der Waals surface area contributed by atoms with Crippen LogP contribution in [-0.2, 0) is 0 Å². The van der Waals surface area contributed by atoms with Crippen molar-refractivity contribution in [2.24, 2.45) is 0 Å². The molecule has 0 bridgehead atoms. The van der Waals surface area contributed by atoms with Gasteiger partial charge in [0.25, 0.3) is 0 Å². The van der Waals surface area contributed by atoms with Gasteiger partial charge in [0.2, 0.25) is 0 Å². The number of piperidine rings is 2. The van der Waals surface area contributed by atoms with Crippen molar-refractivity contribution >= 4 is 17.1 Å². The lowest BCUT2D eigenvalue weighted by Gasteiger charge is -2.40. The Labute approximate surface area is 175 Å². The van der Waals surface area contributed by atoms with Gasteiger partial charge in [-0.25, -0.2) is 10.0 Å². The van der Waals surface area contributed by atoms with Gasteiger partial charge in [-0.05, 0) is 73.8 Å². The fourth-order valence-electron chi connectivity index (χ4n) is 4.66. The standard InChI is InChI=1S/C24H36N5/c1-25-21-7-9-22(10-8-21)27-23-13-17-29(2,18-14-23)28-24-5-3-19(4-6-24)20-11-15-26-16-12-20/h3-10,20,23,25-28H,11-18H2,1-2H3/q+1. The minimum atomic E-state index is 0.547. The predicted molar refractivity (Wildman–Crippen MR) is 123 cm³/mol. The predicted octanol–water partition coefficient (Wildman–Crippen LogP) is 4.24. The highest BCUT2D eigenvalue weighted by atomic mass is 15.6. The zero-order valence-corrected chi connectivity index (χ0v) is 17.9. The first-order valence-corrected chi connectivity index (χ1v) is 11.1. The third-order valence-electron chi connectivity index (χ3n) is 6.61. The molecular formula is C24H36N5+. The zero-order chi connectivity index (χ0) is 20.1. The van der Waals surface area contributed by atoms with Crippen LogP contribution >= 0.6 is 0 Å². The Morgan fingerprint density at radius 1 is 0.793 bits per heavy atom. The molecule has 0 unspecified atom stereocenters. The Balaban J connectivity index is 1.28. The molecule has 2 saturated heterocycles. The van der Waals surface area contributed by atoms with Crippen LogP contribution in [0, 0.1) is 0 Å². The quantitative estimate of drug-likeness (QED) is 0.554. The van der Waals surface area contributed by atoms with Crippen LogP contribution in [0.4, 0.5) is 17.1 Å². The van der Waals surface area contributed by atoms with Crippen LogP contribution in [0.2, 0.25) is 0 Å². The summed E-state index contributed by atoms with van der Waals surface area (Å²) in [7, 11) is 4.27. The van der Waals surface area contributed by atoms with E-state index >= 15 is 0 Å². The Morgan fingerprint density at radius 2 is 1.38 bits per heavy atom. The molecule has 0 atom stereocenters. The molecule has 0 saturated carbocycles. The summed E-state index contributed by atoms with van der Waals surface area (Å²) in [6.07, 6.45) is 4.86. The highest BCUT2D eigenvalue weighted by Crippen LogP contribution is 2.27. The first-order valence-electron chi connectivity index (χ1n) is 11.1. The van der Waals surface area contributed by atoms with Gasteiger partial charge in [0.1, 0.15) is 13.1 Å². The first-order chi connectivity index (χ1) is 14.1. The van der Waals surface area contributed by atoms with Gasteiger partial charge in [0.15, 0.2) is 0 Å². The van der Waals surface area contributed by atoms with Crippen molar-refractivity contribution in [3.05, 3.63) is 54.1 Å². The van der Waals surface area contributed by atoms with E-state index < -0.39 is 0 Å². The lowest BCUT2D eigenvalue weighted by molar-refractivity contribution is -0.893. The number of rotatable bonds is 6. The monoisotopic (exact) mass is 394 g/mol. The summed E-state index contributed by atoms with van der Waals surface area (Å²) in [4.78, 5) is 0. The molecule has 2 aromatic rings. The van der Waals surface area contributed by atoms with Crippen molar-refractivity contribution in [3.8, 4) is 0 Å². The second kappa shape index (κ2) is 9.06. The van der Waals surface area contributed by atoms with Crippen LogP contribution in [0.1, 0.15) is 37.2 Å². The molecule has 5 heteroatoms. The molecule has 0 spiro atoms. The molecule has 0 aromatic heterocycles. The minimum absolute atomic E-state index is 0.547. The molecule has 4 rings (SSSR count). The maximum atomic E-state index is 3.78. The second-order valence-electron chi connectivity index (χ2n) is 8.85. The van der Waals surface area contributed by atoms with E-state index in [1.165, 1.54) is 42.6 Å². The van der Waals surface area contributed by atoms with Gasteiger partial charge in [-0.15, -0.1) is 0 Å². The fraction of sp³-hybridized carbons (Fsp3) is 0.500. The van der Waals surface area contributed by atoms with Gasteiger partial charge >= 0.3 is 0 Å². The summed E-state index contributed by atoms with van der Waals surface area (Å²) in [5.41, 5.74) is 8.87. The fourth-order valence-corrected chi connectivity index (χ4v) is 4.66. The minimum Gasteiger partial charge on any atom is -0.388 e. The van der Waals surface area contributed by atoms with Crippen LogP contribution in [0.25, 0.3) is 0 Å². The molecule has 0 aliphatic carbocycles. The van der Waals surface area contributed by atoms with E-state index in [-0.39, 0.29) is 0 Å². The van der Waals surface area contributed by atoms with E-state index in [2.05, 4.69) is 77.0 Å². The number of likely N-dealkylation sites (tertiary alicyclic amines) is 1. The third kappa shape index (κ3) is 5.22. The van der Waals surface area contributed by atoms with Crippen LogP contribution in [0.5, 0.6) is 0 Å². The Kier molecular flexibility index (Phi) is 6.26. The number of quaternary nitrogens is 1. The molecule has 2 aliphatic heterocycles. The average molecular weight is 395 g/mol. The van der Waals surface area contributed by atoms with Gasteiger partial charge in [-0.1, -0.05) is 12.1 Å². The number of nitrogens with one attached hydrogen (secondary N) is 4. The normalized spacial score (nSPS) is 25.4. The van der Waals surface area contributed by atoms with Gasteiger partial charge < -0.3 is 16.0 Å². The molecule has 2 aromatic carbocycles. The van der Waals surface area contributed by atoms with E-state index in [0.29, 0.717) is 6.04 Å². The Morgan fingerprint density at radius 3 is 2.00 bits per heavy atom. The summed E-state index contributed by atoms with van der Waals surface area (Å²) in [5.74, 6) is 0.721. The first kappa shape index (κ1) is 20.0. The average Bonchev–Trinajstić information content (AvgIpc) is 2.77. The Bertz CT molecular complexity index is 757. The van der Waals surface area contributed by atoms with Crippen LogP contribution < -0.4 is 21.4 Å². The molecular weight excluding hydrogens is 358 g/mol. The summed E-state index contributed by atoms with van der Waals surface area (Å²) < 4.78 is 0.906. The molecule has 0 radical (unpaired) electrons. The van der Waals surface area contributed by atoms with E-state index in [0.717, 1.165) is 42.4 Å².